The Balaban J connectivity index is 1.87. The van der Waals surface area contributed by atoms with E-state index in [9.17, 15) is 0 Å². The lowest BCUT2D eigenvalue weighted by atomic mass is 10.0. The molecule has 2 heterocycles. The van der Waals surface area contributed by atoms with Crippen molar-refractivity contribution in [2.45, 2.75) is 38.4 Å². The predicted molar refractivity (Wildman–Crippen MR) is 44.6 cm³/mol. The molecule has 0 spiro atoms. The Hall–Kier alpha value is -0.0800. The Bertz CT molecular complexity index is 160. The van der Waals surface area contributed by atoms with Gasteiger partial charge in [-0.2, -0.15) is 0 Å². The second-order valence-electron chi connectivity index (χ2n) is 3.98. The first-order valence-corrected chi connectivity index (χ1v) is 4.65. The predicted octanol–water partition coefficient (Wildman–Crippen LogP) is 1.26. The summed E-state index contributed by atoms with van der Waals surface area (Å²) in [4.78, 5) is 2.52. The summed E-state index contributed by atoms with van der Waals surface area (Å²) in [5.41, 5.74) is 0.243. The van der Waals surface area contributed by atoms with Crippen LogP contribution in [0.4, 0.5) is 0 Å². The van der Waals surface area contributed by atoms with Crippen LogP contribution in [-0.2, 0) is 4.74 Å². The average Bonchev–Trinajstić information content (AvgIpc) is 2.60. The van der Waals surface area contributed by atoms with Crippen LogP contribution in [0.3, 0.4) is 0 Å². The van der Waals surface area contributed by atoms with Crippen LogP contribution in [0.2, 0.25) is 0 Å². The van der Waals surface area contributed by atoms with Gasteiger partial charge >= 0.3 is 0 Å². The molecule has 2 aliphatic rings. The number of likely N-dealkylation sites (tertiary alicyclic amines) is 1. The highest BCUT2D eigenvalue weighted by atomic mass is 16.6. The number of epoxide rings is 1. The van der Waals surface area contributed by atoms with E-state index in [2.05, 4.69) is 18.7 Å². The number of hydrogen-bond acceptors (Lipinski definition) is 2. The van der Waals surface area contributed by atoms with Crippen molar-refractivity contribution in [2.24, 2.45) is 0 Å². The van der Waals surface area contributed by atoms with Gasteiger partial charge in [-0.15, -0.1) is 0 Å². The van der Waals surface area contributed by atoms with Gasteiger partial charge in [0.2, 0.25) is 0 Å². The number of rotatable bonds is 2. The van der Waals surface area contributed by atoms with Crippen LogP contribution >= 0.6 is 0 Å². The molecule has 0 saturated carbocycles. The zero-order chi connectivity index (χ0) is 7.90. The summed E-state index contributed by atoms with van der Waals surface area (Å²) < 4.78 is 5.60. The number of hydrogen-bond donors (Lipinski definition) is 0. The Kier molecular flexibility index (Phi) is 1.69. The van der Waals surface area contributed by atoms with Gasteiger partial charge in [0, 0.05) is 13.1 Å². The molecule has 2 saturated heterocycles. The van der Waals surface area contributed by atoms with E-state index >= 15 is 0 Å². The van der Waals surface area contributed by atoms with Crippen LogP contribution in [0.5, 0.6) is 0 Å². The highest BCUT2D eigenvalue weighted by Gasteiger charge is 2.54. The van der Waals surface area contributed by atoms with Crippen molar-refractivity contribution in [3.63, 3.8) is 0 Å². The fraction of sp³-hybridized carbons (Fsp3) is 1.00. The maximum Gasteiger partial charge on any atom is 0.105 e. The first-order valence-electron chi connectivity index (χ1n) is 4.65. The van der Waals surface area contributed by atoms with E-state index in [1.165, 1.54) is 25.9 Å². The van der Waals surface area contributed by atoms with Crippen molar-refractivity contribution in [2.75, 3.05) is 19.6 Å². The molecule has 0 N–H and O–H groups in total. The van der Waals surface area contributed by atoms with Crippen LogP contribution in [0.25, 0.3) is 0 Å². The van der Waals surface area contributed by atoms with Gasteiger partial charge in [0.25, 0.3) is 0 Å². The molecule has 0 radical (unpaired) electrons. The number of ether oxygens (including phenoxy) is 1. The van der Waals surface area contributed by atoms with Crippen molar-refractivity contribution < 1.29 is 4.74 Å². The van der Waals surface area contributed by atoms with Crippen molar-refractivity contribution in [3.05, 3.63) is 0 Å². The van der Waals surface area contributed by atoms with Gasteiger partial charge in [0.1, 0.15) is 5.60 Å². The van der Waals surface area contributed by atoms with Crippen LogP contribution in [-0.4, -0.2) is 36.2 Å². The third kappa shape index (κ3) is 1.30. The summed E-state index contributed by atoms with van der Waals surface area (Å²) in [6.45, 7) is 8.12. The van der Waals surface area contributed by atoms with E-state index in [1.807, 2.05) is 0 Å². The Morgan fingerprint density at radius 3 is 3.09 bits per heavy atom. The topological polar surface area (TPSA) is 15.8 Å². The summed E-state index contributed by atoms with van der Waals surface area (Å²) in [6, 6.07) is 0. The molecule has 2 heteroatoms. The van der Waals surface area contributed by atoms with Crippen molar-refractivity contribution in [1.29, 1.82) is 0 Å². The summed E-state index contributed by atoms with van der Waals surface area (Å²) >= 11 is 0. The molecular weight excluding hydrogens is 138 g/mol. The van der Waals surface area contributed by atoms with Gasteiger partial charge in [-0.1, -0.05) is 6.92 Å². The molecule has 0 amide bonds. The minimum absolute atomic E-state index is 0.243. The zero-order valence-corrected chi connectivity index (χ0v) is 7.47. The normalized spacial score (nSPS) is 43.6. The monoisotopic (exact) mass is 155 g/mol. The molecule has 0 aromatic rings. The highest BCUT2D eigenvalue weighted by Crippen LogP contribution is 2.42. The standard InChI is InChI=1S/C9H17NO/c1-3-5-10-6-4-8-9(2,7-10)11-8/h8H,3-7H2,1-2H3. The molecule has 0 aromatic carbocycles. The summed E-state index contributed by atoms with van der Waals surface area (Å²) in [7, 11) is 0. The zero-order valence-electron chi connectivity index (χ0n) is 7.47. The van der Waals surface area contributed by atoms with Crippen LogP contribution in [0.1, 0.15) is 26.7 Å². The van der Waals surface area contributed by atoms with Gasteiger partial charge in [0.05, 0.1) is 6.10 Å². The van der Waals surface area contributed by atoms with Crippen LogP contribution < -0.4 is 0 Å². The average molecular weight is 155 g/mol. The summed E-state index contributed by atoms with van der Waals surface area (Å²) in [6.07, 6.45) is 3.10. The van der Waals surface area contributed by atoms with Gasteiger partial charge in [0.15, 0.2) is 0 Å². The highest BCUT2D eigenvalue weighted by molar-refractivity contribution is 5.04. The van der Waals surface area contributed by atoms with Crippen molar-refractivity contribution >= 4 is 0 Å². The molecule has 2 atom stereocenters. The van der Waals surface area contributed by atoms with E-state index in [1.54, 1.807) is 0 Å². The van der Waals surface area contributed by atoms with Crippen LogP contribution in [0.15, 0.2) is 0 Å². The van der Waals surface area contributed by atoms with Gasteiger partial charge in [-0.05, 0) is 26.3 Å². The molecule has 2 fully saturated rings. The maximum absolute atomic E-state index is 5.60. The first-order chi connectivity index (χ1) is 5.24. The molecule has 0 aromatic heterocycles. The molecule has 11 heavy (non-hydrogen) atoms. The first kappa shape index (κ1) is 7.56. The smallest absolute Gasteiger partial charge is 0.105 e. The third-order valence-corrected chi connectivity index (χ3v) is 2.82. The Labute approximate surface area is 68.5 Å². The van der Waals surface area contributed by atoms with E-state index < -0.39 is 0 Å². The van der Waals surface area contributed by atoms with E-state index in [0.29, 0.717) is 6.10 Å². The fourth-order valence-electron chi connectivity index (χ4n) is 2.12. The Morgan fingerprint density at radius 2 is 2.45 bits per heavy atom. The molecule has 2 nitrogen and oxygen atoms in total. The molecule has 2 rings (SSSR count). The lowest BCUT2D eigenvalue weighted by Gasteiger charge is -2.27. The lowest BCUT2D eigenvalue weighted by molar-refractivity contribution is 0.200. The summed E-state index contributed by atoms with van der Waals surface area (Å²) in [5, 5.41) is 0. The molecule has 64 valence electrons. The Morgan fingerprint density at radius 1 is 1.64 bits per heavy atom. The molecule has 0 bridgehead atoms. The molecule has 0 aliphatic carbocycles. The second-order valence-corrected chi connectivity index (χ2v) is 3.98. The molecule has 2 aliphatic heterocycles. The minimum atomic E-state index is 0.243. The number of fused-ring (bicyclic) bond motifs is 1. The minimum Gasteiger partial charge on any atom is -0.365 e. The second kappa shape index (κ2) is 2.46. The third-order valence-electron chi connectivity index (χ3n) is 2.82. The van der Waals surface area contributed by atoms with Gasteiger partial charge in [-0.25, -0.2) is 0 Å². The number of nitrogens with zero attached hydrogens (tertiary/aromatic N) is 1. The quantitative estimate of drug-likeness (QED) is 0.558. The van der Waals surface area contributed by atoms with Gasteiger partial charge < -0.3 is 9.64 Å². The largest absolute Gasteiger partial charge is 0.365 e. The summed E-state index contributed by atoms with van der Waals surface area (Å²) in [5.74, 6) is 0. The van der Waals surface area contributed by atoms with E-state index in [4.69, 9.17) is 4.74 Å². The van der Waals surface area contributed by atoms with E-state index in [-0.39, 0.29) is 5.60 Å². The van der Waals surface area contributed by atoms with Crippen LogP contribution in [0, 0.1) is 0 Å². The van der Waals surface area contributed by atoms with E-state index in [0.717, 1.165) is 6.54 Å². The number of piperidine rings is 1. The molecule has 2 unspecified atom stereocenters. The van der Waals surface area contributed by atoms with Gasteiger partial charge in [-0.3, -0.25) is 0 Å². The maximum atomic E-state index is 5.60. The SMILES string of the molecule is CCCN1CCC2OC2(C)C1. The molecular formula is C9H17NO. The van der Waals surface area contributed by atoms with Crippen molar-refractivity contribution in [1.82, 2.24) is 4.90 Å². The fourth-order valence-corrected chi connectivity index (χ4v) is 2.12. The lowest BCUT2D eigenvalue weighted by Crippen LogP contribution is -2.40. The van der Waals surface area contributed by atoms with Crippen molar-refractivity contribution in [3.8, 4) is 0 Å².